The Morgan fingerprint density at radius 2 is 1.95 bits per heavy atom. The van der Waals surface area contributed by atoms with Crippen molar-refractivity contribution in [1.29, 1.82) is 0 Å². The van der Waals surface area contributed by atoms with Crippen LogP contribution in [-0.2, 0) is 22.4 Å². The number of esters is 1. The molecule has 0 saturated heterocycles. The summed E-state index contributed by atoms with van der Waals surface area (Å²) in [4.78, 5) is 22.9. The van der Waals surface area contributed by atoms with Gasteiger partial charge in [-0.05, 0) is 17.5 Å². The molecule has 0 aromatic heterocycles. The van der Waals surface area contributed by atoms with E-state index < -0.39 is 18.1 Å². The third-order valence-corrected chi connectivity index (χ3v) is 3.72. The fourth-order valence-corrected chi connectivity index (χ4v) is 2.65. The Morgan fingerprint density at radius 3 is 2.48 bits per heavy atom. The van der Waals surface area contributed by atoms with Crippen molar-refractivity contribution in [2.24, 2.45) is 0 Å². The number of nitrogens with one attached hydrogen (secondary N) is 1. The summed E-state index contributed by atoms with van der Waals surface area (Å²) < 4.78 is 5.49. The number of unbranched alkanes of at least 4 members (excludes halogenated alkanes) is 1. The van der Waals surface area contributed by atoms with Crippen molar-refractivity contribution >= 4 is 12.1 Å². The van der Waals surface area contributed by atoms with Gasteiger partial charge in [-0.3, -0.25) is 0 Å². The molecule has 0 saturated carbocycles. The van der Waals surface area contributed by atoms with E-state index in [1.807, 2.05) is 31.2 Å². The molecule has 0 heterocycles. The van der Waals surface area contributed by atoms with E-state index in [0.717, 1.165) is 12.8 Å². The largest absolute Gasteiger partial charge is 0.465 e. The summed E-state index contributed by atoms with van der Waals surface area (Å²) in [6.07, 6.45) is 2.19. The molecule has 1 aromatic rings. The molecular formula is C16H21NO4. The Balaban J connectivity index is 1.92. The average Bonchev–Trinajstić information content (AvgIpc) is 2.85. The van der Waals surface area contributed by atoms with Gasteiger partial charge in [-0.15, -0.1) is 0 Å². The van der Waals surface area contributed by atoms with E-state index in [0.29, 0.717) is 19.3 Å². The normalized spacial score (nSPS) is 15.3. The van der Waals surface area contributed by atoms with Crippen LogP contribution in [0.3, 0.4) is 0 Å². The number of benzene rings is 1. The van der Waals surface area contributed by atoms with Crippen molar-refractivity contribution in [1.82, 2.24) is 5.32 Å². The fraction of sp³-hybridized carbons (Fsp3) is 0.500. The summed E-state index contributed by atoms with van der Waals surface area (Å²) in [5.74, 6) is -0.469. The monoisotopic (exact) mass is 291 g/mol. The Morgan fingerprint density at radius 1 is 1.33 bits per heavy atom. The van der Waals surface area contributed by atoms with Crippen molar-refractivity contribution < 1.29 is 19.4 Å². The summed E-state index contributed by atoms with van der Waals surface area (Å²) in [5.41, 5.74) is 2.40. The van der Waals surface area contributed by atoms with Gasteiger partial charge in [-0.1, -0.05) is 44.0 Å². The number of rotatable bonds is 6. The minimum Gasteiger partial charge on any atom is -0.465 e. The highest BCUT2D eigenvalue weighted by Crippen LogP contribution is 2.24. The molecule has 1 aromatic carbocycles. The lowest BCUT2D eigenvalue weighted by Gasteiger charge is -2.18. The topological polar surface area (TPSA) is 75.6 Å². The van der Waals surface area contributed by atoms with E-state index in [4.69, 9.17) is 9.84 Å². The molecule has 5 heteroatoms. The Bertz CT molecular complexity index is 490. The Hall–Kier alpha value is -2.04. The number of amides is 1. The van der Waals surface area contributed by atoms with Gasteiger partial charge in [0, 0.05) is 12.8 Å². The zero-order chi connectivity index (χ0) is 15.2. The fourth-order valence-electron chi connectivity index (χ4n) is 2.65. The van der Waals surface area contributed by atoms with Gasteiger partial charge >= 0.3 is 12.1 Å². The zero-order valence-corrected chi connectivity index (χ0v) is 12.2. The van der Waals surface area contributed by atoms with Crippen LogP contribution in [0.2, 0.25) is 0 Å². The van der Waals surface area contributed by atoms with E-state index in [1.165, 1.54) is 11.1 Å². The van der Waals surface area contributed by atoms with Crippen LogP contribution in [0.15, 0.2) is 24.3 Å². The van der Waals surface area contributed by atoms with Crippen LogP contribution in [0.25, 0.3) is 0 Å². The van der Waals surface area contributed by atoms with Crippen molar-refractivity contribution in [3.05, 3.63) is 35.4 Å². The van der Waals surface area contributed by atoms with Crippen molar-refractivity contribution in [3.8, 4) is 0 Å². The summed E-state index contributed by atoms with van der Waals surface area (Å²) >= 11 is 0. The molecule has 0 bridgehead atoms. The van der Waals surface area contributed by atoms with Crippen LogP contribution >= 0.6 is 0 Å². The lowest BCUT2D eigenvalue weighted by molar-refractivity contribution is -0.151. The third-order valence-electron chi connectivity index (χ3n) is 3.72. The van der Waals surface area contributed by atoms with E-state index in [9.17, 15) is 9.59 Å². The predicted molar refractivity (Wildman–Crippen MR) is 78.2 cm³/mol. The second kappa shape index (κ2) is 7.11. The van der Waals surface area contributed by atoms with E-state index >= 15 is 0 Å². The third kappa shape index (κ3) is 4.21. The zero-order valence-electron chi connectivity index (χ0n) is 12.2. The van der Waals surface area contributed by atoms with Gasteiger partial charge in [0.05, 0.1) is 0 Å². The number of fused-ring (bicyclic) bond motifs is 1. The maximum atomic E-state index is 12.1. The van der Waals surface area contributed by atoms with Crippen molar-refractivity contribution in [2.75, 3.05) is 0 Å². The smallest absolute Gasteiger partial charge is 0.405 e. The molecule has 1 aliphatic rings. The number of carbonyl (C=O) groups is 2. The first kappa shape index (κ1) is 15.4. The summed E-state index contributed by atoms with van der Waals surface area (Å²) in [6.45, 7) is 2.00. The van der Waals surface area contributed by atoms with Crippen LogP contribution in [0.5, 0.6) is 0 Å². The van der Waals surface area contributed by atoms with Gasteiger partial charge < -0.3 is 15.2 Å². The van der Waals surface area contributed by atoms with Crippen LogP contribution < -0.4 is 5.32 Å². The van der Waals surface area contributed by atoms with E-state index in [-0.39, 0.29) is 6.10 Å². The molecule has 5 nitrogen and oxygen atoms in total. The van der Waals surface area contributed by atoms with E-state index in [2.05, 4.69) is 5.32 Å². The molecular weight excluding hydrogens is 270 g/mol. The highest BCUT2D eigenvalue weighted by atomic mass is 16.5. The Kier molecular flexibility index (Phi) is 5.20. The van der Waals surface area contributed by atoms with Crippen LogP contribution in [-0.4, -0.2) is 29.3 Å². The molecule has 1 atom stereocenters. The molecule has 1 aliphatic carbocycles. The van der Waals surface area contributed by atoms with Crippen LogP contribution in [0, 0.1) is 0 Å². The van der Waals surface area contributed by atoms with Gasteiger partial charge in [0.2, 0.25) is 0 Å². The summed E-state index contributed by atoms with van der Waals surface area (Å²) in [5, 5.41) is 11.1. The summed E-state index contributed by atoms with van der Waals surface area (Å²) in [6, 6.07) is 7.24. The first-order chi connectivity index (χ1) is 10.1. The molecule has 0 fully saturated rings. The molecule has 0 aliphatic heterocycles. The molecule has 1 unspecified atom stereocenters. The van der Waals surface area contributed by atoms with Gasteiger partial charge in [-0.2, -0.15) is 0 Å². The number of ether oxygens (including phenoxy) is 1. The lowest BCUT2D eigenvalue weighted by atomic mass is 10.1. The molecule has 114 valence electrons. The van der Waals surface area contributed by atoms with Gasteiger partial charge in [0.15, 0.2) is 0 Å². The molecule has 0 radical (unpaired) electrons. The quantitative estimate of drug-likeness (QED) is 0.790. The maximum absolute atomic E-state index is 12.1. The summed E-state index contributed by atoms with van der Waals surface area (Å²) in [7, 11) is 0. The van der Waals surface area contributed by atoms with Gasteiger partial charge in [0.1, 0.15) is 12.1 Å². The number of carboxylic acid groups (broad SMARTS) is 1. The molecule has 2 N–H and O–H groups in total. The molecule has 1 amide bonds. The van der Waals surface area contributed by atoms with Crippen molar-refractivity contribution in [3.63, 3.8) is 0 Å². The van der Waals surface area contributed by atoms with Crippen LogP contribution in [0.4, 0.5) is 4.79 Å². The molecule has 21 heavy (non-hydrogen) atoms. The molecule has 2 rings (SSSR count). The number of hydrogen-bond acceptors (Lipinski definition) is 3. The number of carbonyl (C=O) groups excluding carboxylic acids is 1. The van der Waals surface area contributed by atoms with Crippen molar-refractivity contribution in [2.45, 2.75) is 51.2 Å². The Labute approximate surface area is 124 Å². The van der Waals surface area contributed by atoms with E-state index in [1.54, 1.807) is 0 Å². The minimum atomic E-state index is -1.19. The van der Waals surface area contributed by atoms with Gasteiger partial charge in [0.25, 0.3) is 0 Å². The van der Waals surface area contributed by atoms with Crippen LogP contribution in [0.1, 0.15) is 37.3 Å². The first-order valence-corrected chi connectivity index (χ1v) is 7.37. The number of hydrogen-bond donors (Lipinski definition) is 2. The highest BCUT2D eigenvalue weighted by molar-refractivity contribution is 5.80. The second-order valence-corrected chi connectivity index (χ2v) is 5.38. The average molecular weight is 291 g/mol. The standard InChI is InChI=1S/C16H21NO4/c1-2-3-8-14(17-16(19)20)15(18)21-13-9-11-6-4-5-7-12(11)10-13/h4-7,13-14,17H,2-3,8-10H2,1H3,(H,19,20). The minimum absolute atomic E-state index is 0.186. The molecule has 0 spiro atoms. The predicted octanol–water partition coefficient (Wildman–Crippen LogP) is 2.52. The highest BCUT2D eigenvalue weighted by Gasteiger charge is 2.28. The first-order valence-electron chi connectivity index (χ1n) is 7.37. The van der Waals surface area contributed by atoms with Gasteiger partial charge in [-0.25, -0.2) is 9.59 Å². The SMILES string of the molecule is CCCCC(NC(=O)O)C(=O)OC1Cc2ccccc2C1. The lowest BCUT2D eigenvalue weighted by Crippen LogP contribution is -2.42. The second-order valence-electron chi connectivity index (χ2n) is 5.38. The maximum Gasteiger partial charge on any atom is 0.405 e.